The van der Waals surface area contributed by atoms with Crippen molar-refractivity contribution in [1.29, 1.82) is 0 Å². The number of carboxylic acids is 1. The molecule has 3 rings (SSSR count). The Bertz CT molecular complexity index is 809. The maximum absolute atomic E-state index is 12.9. The van der Waals surface area contributed by atoms with E-state index in [1.165, 1.54) is 0 Å². The van der Waals surface area contributed by atoms with Gasteiger partial charge < -0.3 is 14.7 Å². The van der Waals surface area contributed by atoms with Crippen molar-refractivity contribution in [3.05, 3.63) is 58.7 Å². The molecule has 0 aliphatic carbocycles. The SMILES string of the molecule is CCOc1ncccc1C(=O)N1C[C@@H](C(=O)O)[C@H](c2ccc(Cl)cc2)C1. The molecule has 0 radical (unpaired) electrons. The number of hydrogen-bond acceptors (Lipinski definition) is 4. The van der Waals surface area contributed by atoms with E-state index in [9.17, 15) is 14.7 Å². The highest BCUT2D eigenvalue weighted by atomic mass is 35.5. The lowest BCUT2D eigenvalue weighted by molar-refractivity contribution is -0.141. The van der Waals surface area contributed by atoms with Crippen molar-refractivity contribution in [2.24, 2.45) is 5.92 Å². The number of ether oxygens (including phenoxy) is 1. The third-order valence-electron chi connectivity index (χ3n) is 4.51. The quantitative estimate of drug-likeness (QED) is 0.870. The molecular formula is C19H19ClN2O4. The second-order valence-electron chi connectivity index (χ2n) is 6.10. The van der Waals surface area contributed by atoms with Crippen LogP contribution in [-0.2, 0) is 4.79 Å². The standard InChI is InChI=1S/C19H19ClN2O4/c1-2-26-17-14(4-3-9-21-17)18(23)22-10-15(16(11-22)19(24)25)12-5-7-13(20)8-6-12/h3-9,15-16H,2,10-11H2,1H3,(H,24,25)/t15-,16+/m0/s1. The molecule has 1 N–H and O–H groups in total. The normalized spacial score (nSPS) is 19.4. The molecule has 0 unspecified atom stereocenters. The van der Waals surface area contributed by atoms with E-state index in [4.69, 9.17) is 16.3 Å². The van der Waals surface area contributed by atoms with Crippen LogP contribution < -0.4 is 4.74 Å². The fourth-order valence-electron chi connectivity index (χ4n) is 3.24. The number of pyridine rings is 1. The molecule has 1 aromatic carbocycles. The summed E-state index contributed by atoms with van der Waals surface area (Å²) in [6.45, 7) is 2.66. The number of amides is 1. The van der Waals surface area contributed by atoms with Crippen molar-refractivity contribution in [2.75, 3.05) is 19.7 Å². The van der Waals surface area contributed by atoms with E-state index < -0.39 is 11.9 Å². The number of hydrogen-bond donors (Lipinski definition) is 1. The Morgan fingerprint density at radius 3 is 2.65 bits per heavy atom. The van der Waals surface area contributed by atoms with Gasteiger partial charge in [-0.05, 0) is 36.8 Å². The summed E-state index contributed by atoms with van der Waals surface area (Å²) in [4.78, 5) is 30.3. The van der Waals surface area contributed by atoms with Gasteiger partial charge >= 0.3 is 5.97 Å². The second-order valence-corrected chi connectivity index (χ2v) is 6.54. The fourth-order valence-corrected chi connectivity index (χ4v) is 3.37. The van der Waals surface area contributed by atoms with E-state index in [0.717, 1.165) is 5.56 Å². The smallest absolute Gasteiger partial charge is 0.308 e. The van der Waals surface area contributed by atoms with Crippen LogP contribution in [0.15, 0.2) is 42.6 Å². The first-order valence-corrected chi connectivity index (χ1v) is 8.74. The first kappa shape index (κ1) is 18.2. The van der Waals surface area contributed by atoms with Crippen molar-refractivity contribution >= 4 is 23.5 Å². The first-order valence-electron chi connectivity index (χ1n) is 8.36. The van der Waals surface area contributed by atoms with Crippen LogP contribution >= 0.6 is 11.6 Å². The van der Waals surface area contributed by atoms with Gasteiger partial charge in [0.1, 0.15) is 5.56 Å². The van der Waals surface area contributed by atoms with Crippen molar-refractivity contribution < 1.29 is 19.4 Å². The summed E-state index contributed by atoms with van der Waals surface area (Å²) in [5.41, 5.74) is 1.20. The fraction of sp³-hybridized carbons (Fsp3) is 0.316. The number of carboxylic acid groups (broad SMARTS) is 1. The van der Waals surface area contributed by atoms with Gasteiger partial charge in [0.15, 0.2) is 0 Å². The summed E-state index contributed by atoms with van der Waals surface area (Å²) in [7, 11) is 0. The zero-order valence-corrected chi connectivity index (χ0v) is 15.0. The monoisotopic (exact) mass is 374 g/mol. The van der Waals surface area contributed by atoms with E-state index >= 15 is 0 Å². The van der Waals surface area contributed by atoms with Crippen LogP contribution in [0, 0.1) is 5.92 Å². The molecule has 136 valence electrons. The lowest BCUT2D eigenvalue weighted by atomic mass is 9.89. The van der Waals surface area contributed by atoms with Gasteiger partial charge in [0.05, 0.1) is 12.5 Å². The van der Waals surface area contributed by atoms with Crippen LogP contribution in [0.3, 0.4) is 0 Å². The van der Waals surface area contributed by atoms with Crippen LogP contribution in [-0.4, -0.2) is 46.6 Å². The molecule has 1 fully saturated rings. The largest absolute Gasteiger partial charge is 0.481 e. The van der Waals surface area contributed by atoms with Gasteiger partial charge in [0, 0.05) is 30.2 Å². The third-order valence-corrected chi connectivity index (χ3v) is 4.76. The number of carbonyl (C=O) groups is 2. The average Bonchev–Trinajstić information content (AvgIpc) is 3.08. The van der Waals surface area contributed by atoms with Gasteiger partial charge in [0.2, 0.25) is 5.88 Å². The molecule has 0 saturated carbocycles. The number of nitrogens with zero attached hydrogens (tertiary/aromatic N) is 2. The van der Waals surface area contributed by atoms with Gasteiger partial charge in [-0.2, -0.15) is 0 Å². The van der Waals surface area contributed by atoms with E-state index in [-0.39, 0.29) is 24.2 Å². The Kier molecular flexibility index (Phi) is 5.42. The Morgan fingerprint density at radius 2 is 2.00 bits per heavy atom. The molecule has 26 heavy (non-hydrogen) atoms. The molecule has 1 saturated heterocycles. The highest BCUT2D eigenvalue weighted by Gasteiger charge is 2.41. The van der Waals surface area contributed by atoms with E-state index in [1.54, 1.807) is 35.4 Å². The van der Waals surface area contributed by atoms with Gasteiger partial charge in [-0.15, -0.1) is 0 Å². The molecule has 2 atom stereocenters. The number of carbonyl (C=O) groups excluding carboxylic acids is 1. The molecule has 7 heteroatoms. The van der Waals surface area contributed by atoms with Crippen molar-refractivity contribution in [2.45, 2.75) is 12.8 Å². The summed E-state index contributed by atoms with van der Waals surface area (Å²) >= 11 is 5.92. The van der Waals surface area contributed by atoms with Crippen LogP contribution in [0.1, 0.15) is 28.8 Å². The van der Waals surface area contributed by atoms with Crippen molar-refractivity contribution in [1.82, 2.24) is 9.88 Å². The molecule has 1 aliphatic heterocycles. The Labute approximate surface area is 156 Å². The van der Waals surface area contributed by atoms with E-state index in [2.05, 4.69) is 4.98 Å². The predicted molar refractivity (Wildman–Crippen MR) is 96.6 cm³/mol. The number of aliphatic carboxylic acids is 1. The Balaban J connectivity index is 1.87. The molecule has 1 aliphatic rings. The van der Waals surface area contributed by atoms with Crippen LogP contribution in [0.4, 0.5) is 0 Å². The van der Waals surface area contributed by atoms with Gasteiger partial charge in [-0.25, -0.2) is 4.98 Å². The molecule has 0 spiro atoms. The maximum Gasteiger partial charge on any atom is 0.308 e. The topological polar surface area (TPSA) is 79.7 Å². The minimum atomic E-state index is -0.920. The van der Waals surface area contributed by atoms with Crippen LogP contribution in [0.25, 0.3) is 0 Å². The summed E-state index contributed by atoms with van der Waals surface area (Å²) in [5.74, 6) is -1.89. The lowest BCUT2D eigenvalue weighted by Crippen LogP contribution is -2.30. The molecule has 2 heterocycles. The molecular weight excluding hydrogens is 356 g/mol. The van der Waals surface area contributed by atoms with Gasteiger partial charge in [-0.1, -0.05) is 23.7 Å². The number of likely N-dealkylation sites (tertiary alicyclic amines) is 1. The maximum atomic E-state index is 12.9. The van der Waals surface area contributed by atoms with Crippen molar-refractivity contribution in [3.8, 4) is 5.88 Å². The number of benzene rings is 1. The minimum Gasteiger partial charge on any atom is -0.481 e. The van der Waals surface area contributed by atoms with Crippen LogP contribution in [0.5, 0.6) is 5.88 Å². The molecule has 1 amide bonds. The Hall–Kier alpha value is -2.60. The zero-order valence-electron chi connectivity index (χ0n) is 14.3. The molecule has 1 aromatic heterocycles. The summed E-state index contributed by atoms with van der Waals surface area (Å²) < 4.78 is 5.43. The Morgan fingerprint density at radius 1 is 1.27 bits per heavy atom. The highest BCUT2D eigenvalue weighted by molar-refractivity contribution is 6.30. The second kappa shape index (κ2) is 7.74. The molecule has 0 bridgehead atoms. The minimum absolute atomic E-state index is 0.141. The summed E-state index contributed by atoms with van der Waals surface area (Å²) in [6.07, 6.45) is 1.56. The lowest BCUT2D eigenvalue weighted by Gasteiger charge is -2.18. The summed E-state index contributed by atoms with van der Waals surface area (Å²) in [6, 6.07) is 10.4. The molecule has 6 nitrogen and oxygen atoms in total. The average molecular weight is 375 g/mol. The van der Waals surface area contributed by atoms with E-state index in [1.807, 2.05) is 19.1 Å². The molecule has 2 aromatic rings. The number of aromatic nitrogens is 1. The number of halogens is 1. The number of rotatable bonds is 5. The van der Waals surface area contributed by atoms with Crippen LogP contribution in [0.2, 0.25) is 5.02 Å². The highest BCUT2D eigenvalue weighted by Crippen LogP contribution is 2.34. The third kappa shape index (κ3) is 3.65. The first-order chi connectivity index (χ1) is 12.5. The zero-order chi connectivity index (χ0) is 18.7. The summed E-state index contributed by atoms with van der Waals surface area (Å²) in [5, 5.41) is 10.2. The van der Waals surface area contributed by atoms with Gasteiger partial charge in [0.25, 0.3) is 5.91 Å². The van der Waals surface area contributed by atoms with Gasteiger partial charge in [-0.3, -0.25) is 9.59 Å². The predicted octanol–water partition coefficient (Wildman–Crippen LogP) is 3.07. The van der Waals surface area contributed by atoms with E-state index in [0.29, 0.717) is 23.7 Å². The van der Waals surface area contributed by atoms with Crippen molar-refractivity contribution in [3.63, 3.8) is 0 Å².